The third-order valence-corrected chi connectivity index (χ3v) is 4.24. The molecule has 1 atom stereocenters. The van der Waals surface area contributed by atoms with Crippen LogP contribution in [0.1, 0.15) is 18.4 Å². The second-order valence-corrected chi connectivity index (χ2v) is 5.99. The van der Waals surface area contributed by atoms with Gasteiger partial charge in [0.15, 0.2) is 0 Å². The quantitative estimate of drug-likeness (QED) is 0.779. The Bertz CT molecular complexity index is 638. The molecule has 1 aliphatic rings. The zero-order valence-corrected chi connectivity index (χ0v) is 12.7. The van der Waals surface area contributed by atoms with Crippen molar-refractivity contribution in [2.45, 2.75) is 25.4 Å². The van der Waals surface area contributed by atoms with Gasteiger partial charge in [-0.2, -0.15) is 0 Å². The van der Waals surface area contributed by atoms with Gasteiger partial charge in [-0.1, -0.05) is 18.2 Å². The van der Waals surface area contributed by atoms with Crippen LogP contribution < -0.4 is 5.32 Å². The number of likely N-dealkylation sites (tertiary alicyclic amines) is 1. The van der Waals surface area contributed by atoms with Gasteiger partial charge in [-0.05, 0) is 37.4 Å². The molecule has 1 amide bonds. The molecule has 1 aromatic heterocycles. The number of fused-ring (bicyclic) bond motifs is 1. The van der Waals surface area contributed by atoms with Crippen molar-refractivity contribution in [2.75, 3.05) is 26.2 Å². The minimum absolute atomic E-state index is 0.0361. The first-order valence-electron chi connectivity index (χ1n) is 7.94. The molecule has 118 valence electrons. The number of amides is 1. The number of aliphatic hydroxyl groups excluding tert-OH is 1. The maximum absolute atomic E-state index is 12.0. The van der Waals surface area contributed by atoms with Gasteiger partial charge in [-0.3, -0.25) is 9.69 Å². The van der Waals surface area contributed by atoms with Gasteiger partial charge in [0.1, 0.15) is 0 Å². The normalized spacial score (nSPS) is 19.4. The lowest BCUT2D eigenvalue weighted by atomic mass is 10.1. The fourth-order valence-electron chi connectivity index (χ4n) is 3.11. The number of aliphatic hydroxyl groups is 1. The summed E-state index contributed by atoms with van der Waals surface area (Å²) in [5.41, 5.74) is 2.36. The highest BCUT2D eigenvalue weighted by atomic mass is 16.3. The molecule has 2 heterocycles. The van der Waals surface area contributed by atoms with Crippen molar-refractivity contribution >= 4 is 16.8 Å². The molecular formula is C17H23N3O2. The van der Waals surface area contributed by atoms with Gasteiger partial charge in [0.05, 0.1) is 12.6 Å². The predicted molar refractivity (Wildman–Crippen MR) is 86.7 cm³/mol. The van der Waals surface area contributed by atoms with Crippen LogP contribution in [0.3, 0.4) is 0 Å². The zero-order valence-electron chi connectivity index (χ0n) is 12.7. The van der Waals surface area contributed by atoms with E-state index in [4.69, 9.17) is 0 Å². The molecule has 5 heteroatoms. The molecule has 1 aromatic carbocycles. The smallest absolute Gasteiger partial charge is 0.234 e. The van der Waals surface area contributed by atoms with E-state index in [0.717, 1.165) is 31.3 Å². The molecule has 0 saturated carbocycles. The van der Waals surface area contributed by atoms with E-state index in [1.165, 1.54) is 10.9 Å². The van der Waals surface area contributed by atoms with Crippen LogP contribution in [0.5, 0.6) is 0 Å². The Morgan fingerprint density at radius 2 is 2.27 bits per heavy atom. The van der Waals surface area contributed by atoms with Crippen LogP contribution in [-0.4, -0.2) is 53.2 Å². The first kappa shape index (κ1) is 15.1. The Morgan fingerprint density at radius 1 is 1.41 bits per heavy atom. The summed E-state index contributed by atoms with van der Waals surface area (Å²) in [6.07, 6.45) is 4.35. The number of β-amino-alcohol motifs (C(OH)–C–C–N with tert-alkyl or cyclic N) is 1. The monoisotopic (exact) mass is 301 g/mol. The number of para-hydroxylation sites is 1. The van der Waals surface area contributed by atoms with Crippen molar-refractivity contribution in [1.82, 2.24) is 15.2 Å². The van der Waals surface area contributed by atoms with Gasteiger partial charge in [0, 0.05) is 30.2 Å². The molecule has 0 radical (unpaired) electrons. The summed E-state index contributed by atoms with van der Waals surface area (Å²) in [5.74, 6) is 0.0361. The topological polar surface area (TPSA) is 68.4 Å². The highest BCUT2D eigenvalue weighted by Gasteiger charge is 2.19. The number of carbonyl (C=O) groups is 1. The number of carbonyl (C=O) groups excluding carboxylic acids is 1. The van der Waals surface area contributed by atoms with Gasteiger partial charge in [-0.15, -0.1) is 0 Å². The zero-order chi connectivity index (χ0) is 15.4. The van der Waals surface area contributed by atoms with Crippen molar-refractivity contribution in [3.63, 3.8) is 0 Å². The molecule has 5 nitrogen and oxygen atoms in total. The minimum atomic E-state index is -0.284. The third-order valence-electron chi connectivity index (χ3n) is 4.24. The van der Waals surface area contributed by atoms with Gasteiger partial charge < -0.3 is 15.4 Å². The molecule has 0 spiro atoms. The summed E-state index contributed by atoms with van der Waals surface area (Å²) in [6.45, 7) is 2.52. The maximum atomic E-state index is 12.0. The number of hydrogen-bond donors (Lipinski definition) is 3. The molecule has 3 rings (SSSR count). The van der Waals surface area contributed by atoms with E-state index >= 15 is 0 Å². The summed E-state index contributed by atoms with van der Waals surface area (Å²) in [5, 5.41) is 13.8. The minimum Gasteiger partial charge on any atom is -0.392 e. The second kappa shape index (κ2) is 6.94. The second-order valence-electron chi connectivity index (χ2n) is 5.99. The number of H-pyrrole nitrogens is 1. The molecular weight excluding hydrogens is 278 g/mol. The predicted octanol–water partition coefficient (Wildman–Crippen LogP) is 1.28. The summed E-state index contributed by atoms with van der Waals surface area (Å²) < 4.78 is 0. The fourth-order valence-corrected chi connectivity index (χ4v) is 3.11. The molecule has 1 unspecified atom stereocenters. The van der Waals surface area contributed by atoms with Crippen molar-refractivity contribution in [3.8, 4) is 0 Å². The van der Waals surface area contributed by atoms with Gasteiger partial charge in [0.2, 0.25) is 5.91 Å². The van der Waals surface area contributed by atoms with Crippen molar-refractivity contribution in [2.24, 2.45) is 0 Å². The van der Waals surface area contributed by atoms with E-state index in [1.807, 2.05) is 23.2 Å². The largest absolute Gasteiger partial charge is 0.392 e. The summed E-state index contributed by atoms with van der Waals surface area (Å²) in [6, 6.07) is 8.19. The Morgan fingerprint density at radius 3 is 3.14 bits per heavy atom. The molecule has 0 aliphatic carbocycles. The highest BCUT2D eigenvalue weighted by Crippen LogP contribution is 2.17. The molecule has 1 fully saturated rings. The number of benzene rings is 1. The Labute approximate surface area is 130 Å². The van der Waals surface area contributed by atoms with E-state index in [1.54, 1.807) is 0 Å². The maximum Gasteiger partial charge on any atom is 0.234 e. The molecule has 2 aromatic rings. The molecule has 3 N–H and O–H groups in total. The van der Waals surface area contributed by atoms with Crippen LogP contribution in [-0.2, 0) is 11.2 Å². The molecule has 0 bridgehead atoms. The van der Waals surface area contributed by atoms with E-state index in [-0.39, 0.29) is 12.0 Å². The molecule has 1 aliphatic heterocycles. The number of piperidine rings is 1. The van der Waals surface area contributed by atoms with E-state index < -0.39 is 0 Å². The Balaban J connectivity index is 1.45. The summed E-state index contributed by atoms with van der Waals surface area (Å²) in [7, 11) is 0. The van der Waals surface area contributed by atoms with E-state index in [9.17, 15) is 9.90 Å². The summed E-state index contributed by atoms with van der Waals surface area (Å²) in [4.78, 5) is 17.2. The van der Waals surface area contributed by atoms with E-state index in [0.29, 0.717) is 19.6 Å². The first-order valence-corrected chi connectivity index (χ1v) is 7.94. The number of nitrogens with one attached hydrogen (secondary N) is 2. The Kier molecular flexibility index (Phi) is 4.75. The average Bonchev–Trinajstić information content (AvgIpc) is 2.91. The number of hydrogen-bond acceptors (Lipinski definition) is 3. The van der Waals surface area contributed by atoms with Gasteiger partial charge in [-0.25, -0.2) is 0 Å². The fraction of sp³-hybridized carbons (Fsp3) is 0.471. The number of aromatic amines is 1. The van der Waals surface area contributed by atoms with Crippen molar-refractivity contribution in [3.05, 3.63) is 36.0 Å². The standard InChI is InChI=1S/C17H23N3O2/c21-14-4-3-9-20(11-14)12-17(22)18-8-7-13-10-19-16-6-2-1-5-15(13)16/h1-2,5-6,10,14,19,21H,3-4,7-9,11-12H2,(H,18,22). The lowest BCUT2D eigenvalue weighted by Crippen LogP contribution is -2.44. The summed E-state index contributed by atoms with van der Waals surface area (Å²) >= 11 is 0. The lowest BCUT2D eigenvalue weighted by molar-refractivity contribution is -0.122. The van der Waals surface area contributed by atoms with Crippen LogP contribution in [0.4, 0.5) is 0 Å². The first-order chi connectivity index (χ1) is 10.7. The van der Waals surface area contributed by atoms with Crippen LogP contribution in [0.25, 0.3) is 10.9 Å². The average molecular weight is 301 g/mol. The lowest BCUT2D eigenvalue weighted by Gasteiger charge is -2.29. The highest BCUT2D eigenvalue weighted by molar-refractivity contribution is 5.83. The Hall–Kier alpha value is -1.85. The van der Waals surface area contributed by atoms with Crippen LogP contribution in [0.15, 0.2) is 30.5 Å². The van der Waals surface area contributed by atoms with Crippen molar-refractivity contribution in [1.29, 1.82) is 0 Å². The SMILES string of the molecule is O=C(CN1CCCC(O)C1)NCCc1c[nH]c2ccccc12. The number of nitrogens with zero attached hydrogens (tertiary/aromatic N) is 1. The van der Waals surface area contributed by atoms with Crippen LogP contribution >= 0.6 is 0 Å². The molecule has 1 saturated heterocycles. The van der Waals surface area contributed by atoms with Gasteiger partial charge >= 0.3 is 0 Å². The van der Waals surface area contributed by atoms with Gasteiger partial charge in [0.25, 0.3) is 0 Å². The third kappa shape index (κ3) is 3.67. The van der Waals surface area contributed by atoms with Crippen molar-refractivity contribution < 1.29 is 9.90 Å². The number of aromatic nitrogens is 1. The molecule has 22 heavy (non-hydrogen) atoms. The van der Waals surface area contributed by atoms with Crippen LogP contribution in [0.2, 0.25) is 0 Å². The van der Waals surface area contributed by atoms with Crippen LogP contribution in [0, 0.1) is 0 Å². The number of rotatable bonds is 5. The van der Waals surface area contributed by atoms with E-state index in [2.05, 4.69) is 22.4 Å².